The maximum absolute atomic E-state index is 12.2. The normalized spacial score (nSPS) is 14.7. The van der Waals surface area contributed by atoms with Gasteiger partial charge in [-0.3, -0.25) is 9.78 Å². The lowest BCUT2D eigenvalue weighted by Gasteiger charge is -2.31. The van der Waals surface area contributed by atoms with Crippen LogP contribution in [0, 0.1) is 0 Å². The fourth-order valence-corrected chi connectivity index (χ4v) is 5.35. The van der Waals surface area contributed by atoms with Crippen molar-refractivity contribution in [1.29, 1.82) is 0 Å². The summed E-state index contributed by atoms with van der Waals surface area (Å²) in [6.45, 7) is 1.62. The largest absolute Gasteiger partial charge is 0.373 e. The molecule has 5 rings (SSSR count). The SMILES string of the molecule is O=C(Cc1ccccn1)Nc1ccc(N2CCC(c3nnc(NC(O)Cc4ccc(Cl)cc4)s3)CC2)nn1. The number of anilines is 3. The smallest absolute Gasteiger partial charge is 0.231 e. The Morgan fingerprint density at radius 2 is 1.87 bits per heavy atom. The molecule has 3 N–H and O–H groups in total. The van der Waals surface area contributed by atoms with Crippen molar-refractivity contribution in [3.8, 4) is 0 Å². The molecule has 1 amide bonds. The minimum absolute atomic E-state index is 0.182. The minimum Gasteiger partial charge on any atom is -0.373 e. The number of hydrogen-bond donors (Lipinski definition) is 3. The molecular weight excluding hydrogens is 524 g/mol. The van der Waals surface area contributed by atoms with E-state index >= 15 is 0 Å². The van der Waals surface area contributed by atoms with Crippen molar-refractivity contribution in [2.24, 2.45) is 0 Å². The number of carbonyl (C=O) groups is 1. The molecule has 1 atom stereocenters. The number of carbonyl (C=O) groups excluding carboxylic acids is 1. The number of rotatable bonds is 9. The van der Waals surface area contributed by atoms with Gasteiger partial charge in [-0.05, 0) is 54.8 Å². The quantitative estimate of drug-likeness (QED) is 0.265. The summed E-state index contributed by atoms with van der Waals surface area (Å²) >= 11 is 7.40. The maximum Gasteiger partial charge on any atom is 0.231 e. The predicted molar refractivity (Wildman–Crippen MR) is 147 cm³/mol. The van der Waals surface area contributed by atoms with Gasteiger partial charge in [-0.1, -0.05) is 41.1 Å². The first-order valence-corrected chi connectivity index (χ1v) is 13.5. The molecule has 10 nitrogen and oxygen atoms in total. The number of benzene rings is 1. The minimum atomic E-state index is -0.764. The standard InChI is InChI=1S/C26H27ClN8O2S/c27-19-6-4-17(5-7-19)15-23(36)30-26-34-33-25(38-26)18-10-13-35(14-11-18)22-9-8-21(31-32-22)29-24(37)16-20-3-1-2-12-28-20/h1-9,12,18,23,36H,10-11,13-16H2,(H,30,34)(H,29,31,37). The van der Waals surface area contributed by atoms with Crippen molar-refractivity contribution in [2.45, 2.75) is 37.8 Å². The number of aliphatic hydroxyl groups is 1. The first kappa shape index (κ1) is 26.0. The summed E-state index contributed by atoms with van der Waals surface area (Å²) in [5.41, 5.74) is 1.68. The number of aromatic nitrogens is 5. The van der Waals surface area contributed by atoms with Crippen LogP contribution in [0.25, 0.3) is 0 Å². The Balaban J connectivity index is 1.08. The Bertz CT molecular complexity index is 1330. The molecule has 0 bridgehead atoms. The van der Waals surface area contributed by atoms with Gasteiger partial charge in [0, 0.05) is 42.3 Å². The van der Waals surface area contributed by atoms with Gasteiger partial charge in [0.05, 0.1) is 6.42 Å². The zero-order valence-electron chi connectivity index (χ0n) is 20.5. The fraction of sp³-hybridized carbons (Fsp3) is 0.308. The molecule has 1 aliphatic heterocycles. The van der Waals surface area contributed by atoms with Crippen molar-refractivity contribution in [1.82, 2.24) is 25.4 Å². The second kappa shape index (κ2) is 12.2. The zero-order chi connectivity index (χ0) is 26.3. The van der Waals surface area contributed by atoms with Crippen LogP contribution in [0.3, 0.4) is 0 Å². The lowest BCUT2D eigenvalue weighted by molar-refractivity contribution is -0.115. The topological polar surface area (TPSA) is 129 Å². The van der Waals surface area contributed by atoms with Gasteiger partial charge in [0.2, 0.25) is 11.0 Å². The van der Waals surface area contributed by atoms with Crippen LogP contribution >= 0.6 is 22.9 Å². The molecule has 38 heavy (non-hydrogen) atoms. The summed E-state index contributed by atoms with van der Waals surface area (Å²) < 4.78 is 0. The second-order valence-corrected chi connectivity index (χ2v) is 10.5. The molecule has 0 radical (unpaired) electrons. The molecule has 1 unspecified atom stereocenters. The Morgan fingerprint density at radius 1 is 1.05 bits per heavy atom. The molecule has 4 aromatic rings. The van der Waals surface area contributed by atoms with E-state index in [1.165, 1.54) is 11.3 Å². The van der Waals surface area contributed by atoms with Gasteiger partial charge >= 0.3 is 0 Å². The molecule has 0 saturated carbocycles. The van der Waals surface area contributed by atoms with Crippen LogP contribution in [0.5, 0.6) is 0 Å². The third kappa shape index (κ3) is 7.00. The highest BCUT2D eigenvalue weighted by Crippen LogP contribution is 2.33. The van der Waals surface area contributed by atoms with Crippen molar-refractivity contribution >= 4 is 45.6 Å². The molecule has 1 saturated heterocycles. The van der Waals surface area contributed by atoms with Crippen molar-refractivity contribution in [3.05, 3.63) is 82.1 Å². The van der Waals surface area contributed by atoms with E-state index in [0.29, 0.717) is 34.0 Å². The van der Waals surface area contributed by atoms with E-state index in [0.717, 1.165) is 42.3 Å². The summed E-state index contributed by atoms with van der Waals surface area (Å²) in [4.78, 5) is 18.6. The molecule has 4 heterocycles. The van der Waals surface area contributed by atoms with Crippen LogP contribution in [0.1, 0.15) is 35.0 Å². The van der Waals surface area contributed by atoms with Crippen LogP contribution in [-0.2, 0) is 17.6 Å². The van der Waals surface area contributed by atoms with Gasteiger partial charge < -0.3 is 20.6 Å². The Kier molecular flexibility index (Phi) is 8.37. The molecule has 0 spiro atoms. The van der Waals surface area contributed by atoms with Gasteiger partial charge in [-0.25, -0.2) is 0 Å². The number of nitrogens with zero attached hydrogens (tertiary/aromatic N) is 6. The summed E-state index contributed by atoms with van der Waals surface area (Å²) in [6, 6.07) is 16.5. The average Bonchev–Trinajstić information content (AvgIpc) is 3.39. The van der Waals surface area contributed by atoms with Crippen LogP contribution in [0.15, 0.2) is 60.8 Å². The summed E-state index contributed by atoms with van der Waals surface area (Å²) in [5.74, 6) is 1.30. The first-order chi connectivity index (χ1) is 18.5. The fourth-order valence-electron chi connectivity index (χ4n) is 4.27. The summed E-state index contributed by atoms with van der Waals surface area (Å²) in [6.07, 6.45) is 3.34. The van der Waals surface area contributed by atoms with E-state index in [1.54, 1.807) is 12.3 Å². The highest BCUT2D eigenvalue weighted by Gasteiger charge is 2.25. The molecule has 1 aromatic carbocycles. The van der Waals surface area contributed by atoms with E-state index < -0.39 is 6.23 Å². The Morgan fingerprint density at radius 3 is 2.58 bits per heavy atom. The second-order valence-electron chi connectivity index (χ2n) is 9.02. The highest BCUT2D eigenvalue weighted by atomic mass is 35.5. The monoisotopic (exact) mass is 550 g/mol. The Labute approximate surface area is 229 Å². The van der Waals surface area contributed by atoms with Crippen LogP contribution in [0.4, 0.5) is 16.8 Å². The van der Waals surface area contributed by atoms with Gasteiger partial charge in [-0.15, -0.1) is 20.4 Å². The number of piperidine rings is 1. The number of pyridine rings is 1. The number of hydrogen-bond acceptors (Lipinski definition) is 10. The average molecular weight is 551 g/mol. The molecule has 3 aromatic heterocycles. The highest BCUT2D eigenvalue weighted by molar-refractivity contribution is 7.15. The number of halogens is 1. The van der Waals surface area contributed by atoms with E-state index in [1.807, 2.05) is 48.5 Å². The maximum atomic E-state index is 12.2. The molecule has 12 heteroatoms. The molecule has 196 valence electrons. The number of aliphatic hydroxyl groups excluding tert-OH is 1. The molecule has 1 fully saturated rings. The summed E-state index contributed by atoms with van der Waals surface area (Å²) in [7, 11) is 0. The molecule has 0 aliphatic carbocycles. The summed E-state index contributed by atoms with van der Waals surface area (Å²) in [5, 5.41) is 35.5. The Hall–Kier alpha value is -3.67. The third-order valence-electron chi connectivity index (χ3n) is 6.23. The third-order valence-corrected chi connectivity index (χ3v) is 7.50. The number of nitrogens with one attached hydrogen (secondary N) is 2. The van der Waals surface area contributed by atoms with E-state index in [9.17, 15) is 9.90 Å². The van der Waals surface area contributed by atoms with Gasteiger partial charge in [0.25, 0.3) is 0 Å². The van der Waals surface area contributed by atoms with Gasteiger partial charge in [0.15, 0.2) is 11.6 Å². The predicted octanol–water partition coefficient (Wildman–Crippen LogP) is 3.91. The van der Waals surface area contributed by atoms with E-state index in [2.05, 4.69) is 40.9 Å². The molecule has 1 aliphatic rings. The van der Waals surface area contributed by atoms with E-state index in [4.69, 9.17) is 11.6 Å². The molecular formula is C26H27ClN8O2S. The van der Waals surface area contributed by atoms with Crippen LogP contribution < -0.4 is 15.5 Å². The van der Waals surface area contributed by atoms with Crippen molar-refractivity contribution < 1.29 is 9.90 Å². The van der Waals surface area contributed by atoms with Crippen molar-refractivity contribution in [3.63, 3.8) is 0 Å². The number of amides is 1. The van der Waals surface area contributed by atoms with Crippen LogP contribution in [-0.4, -0.2) is 55.7 Å². The first-order valence-electron chi connectivity index (χ1n) is 12.3. The zero-order valence-corrected chi connectivity index (χ0v) is 22.1. The van der Waals surface area contributed by atoms with Crippen LogP contribution in [0.2, 0.25) is 5.02 Å². The lowest BCUT2D eigenvalue weighted by atomic mass is 9.98. The van der Waals surface area contributed by atoms with E-state index in [-0.39, 0.29) is 12.3 Å². The van der Waals surface area contributed by atoms with Crippen molar-refractivity contribution in [2.75, 3.05) is 28.6 Å². The lowest BCUT2D eigenvalue weighted by Crippen LogP contribution is -2.33. The van der Waals surface area contributed by atoms with Gasteiger partial charge in [-0.2, -0.15) is 0 Å². The van der Waals surface area contributed by atoms with Gasteiger partial charge in [0.1, 0.15) is 11.2 Å².